The number of carbonyl (C=O) groups is 1. The van der Waals surface area contributed by atoms with Gasteiger partial charge in [0.2, 0.25) is 0 Å². The van der Waals surface area contributed by atoms with Crippen LogP contribution >= 0.6 is 0 Å². The number of benzene rings is 2. The zero-order chi connectivity index (χ0) is 17.0. The highest BCUT2D eigenvalue weighted by molar-refractivity contribution is 5.88. The number of likely N-dealkylation sites (N-methyl/N-ethyl adjacent to an activating group) is 1. The maximum absolute atomic E-state index is 12.8. The first-order valence-corrected chi connectivity index (χ1v) is 8.31. The van der Waals surface area contributed by atoms with Crippen molar-refractivity contribution in [2.75, 3.05) is 14.2 Å². The van der Waals surface area contributed by atoms with Crippen molar-refractivity contribution in [3.8, 4) is 0 Å². The molecule has 1 aliphatic rings. The van der Waals surface area contributed by atoms with E-state index in [1.807, 2.05) is 36.4 Å². The third-order valence-corrected chi connectivity index (χ3v) is 4.72. The van der Waals surface area contributed by atoms with Gasteiger partial charge in [0.1, 0.15) is 5.54 Å². The Morgan fingerprint density at radius 2 is 1.42 bits per heavy atom. The Hall–Kier alpha value is -2.17. The Bertz CT molecular complexity index is 627. The van der Waals surface area contributed by atoms with Gasteiger partial charge in [-0.05, 0) is 24.0 Å². The number of hydroxylamine groups is 2. The zero-order valence-corrected chi connectivity index (χ0v) is 14.3. The third-order valence-electron chi connectivity index (χ3n) is 4.72. The van der Waals surface area contributed by atoms with Gasteiger partial charge in [-0.15, -0.1) is 0 Å². The van der Waals surface area contributed by atoms with E-state index in [4.69, 9.17) is 4.84 Å². The molecule has 126 valence electrons. The van der Waals surface area contributed by atoms with E-state index in [9.17, 15) is 4.79 Å². The molecule has 0 atom stereocenters. The second-order valence-corrected chi connectivity index (χ2v) is 6.34. The van der Waals surface area contributed by atoms with Crippen LogP contribution in [0.25, 0.3) is 0 Å². The van der Waals surface area contributed by atoms with Crippen LogP contribution in [0.1, 0.15) is 24.0 Å². The van der Waals surface area contributed by atoms with Crippen molar-refractivity contribution in [2.24, 2.45) is 0 Å². The Morgan fingerprint density at radius 3 is 1.79 bits per heavy atom. The van der Waals surface area contributed by atoms with E-state index in [-0.39, 0.29) is 5.91 Å². The molecule has 4 heteroatoms. The van der Waals surface area contributed by atoms with Gasteiger partial charge in [-0.3, -0.25) is 14.5 Å². The van der Waals surface area contributed by atoms with E-state index in [1.165, 1.54) is 23.3 Å². The predicted octanol–water partition coefficient (Wildman–Crippen LogP) is 3.24. The van der Waals surface area contributed by atoms with Crippen LogP contribution in [-0.2, 0) is 22.7 Å². The SMILES string of the molecule is CON(C)C(=O)C1(N(Cc2ccccc2)Cc2ccccc2)CC1. The van der Waals surface area contributed by atoms with Gasteiger partial charge in [0.25, 0.3) is 5.91 Å². The monoisotopic (exact) mass is 324 g/mol. The number of hydrogen-bond donors (Lipinski definition) is 0. The molecule has 2 aromatic carbocycles. The molecule has 0 unspecified atom stereocenters. The highest BCUT2D eigenvalue weighted by Gasteiger charge is 2.55. The first-order valence-electron chi connectivity index (χ1n) is 8.31. The number of nitrogens with zero attached hydrogens (tertiary/aromatic N) is 2. The van der Waals surface area contributed by atoms with E-state index in [0.29, 0.717) is 0 Å². The molecular weight excluding hydrogens is 300 g/mol. The van der Waals surface area contributed by atoms with Crippen LogP contribution in [0.4, 0.5) is 0 Å². The van der Waals surface area contributed by atoms with Gasteiger partial charge in [0.05, 0.1) is 7.11 Å². The molecule has 1 saturated carbocycles. The fourth-order valence-corrected chi connectivity index (χ4v) is 3.13. The second kappa shape index (κ2) is 7.16. The quantitative estimate of drug-likeness (QED) is 0.733. The highest BCUT2D eigenvalue weighted by atomic mass is 16.7. The molecule has 0 saturated heterocycles. The molecule has 0 spiro atoms. The summed E-state index contributed by atoms with van der Waals surface area (Å²) < 4.78 is 0. The molecule has 0 N–H and O–H groups in total. The average molecular weight is 324 g/mol. The van der Waals surface area contributed by atoms with Gasteiger partial charge in [-0.1, -0.05) is 60.7 Å². The smallest absolute Gasteiger partial charge is 0.266 e. The first kappa shape index (κ1) is 16.7. The molecule has 0 bridgehead atoms. The van der Waals surface area contributed by atoms with E-state index in [0.717, 1.165) is 25.9 Å². The van der Waals surface area contributed by atoms with Crippen molar-refractivity contribution >= 4 is 5.91 Å². The van der Waals surface area contributed by atoms with Crippen molar-refractivity contribution < 1.29 is 9.63 Å². The van der Waals surface area contributed by atoms with Crippen LogP contribution < -0.4 is 0 Å². The Kier molecular flexibility index (Phi) is 4.97. The normalized spacial score (nSPS) is 15.3. The summed E-state index contributed by atoms with van der Waals surface area (Å²) in [6.07, 6.45) is 1.75. The minimum Gasteiger partial charge on any atom is -0.281 e. The van der Waals surface area contributed by atoms with Crippen LogP contribution in [0.3, 0.4) is 0 Å². The van der Waals surface area contributed by atoms with Crippen molar-refractivity contribution in [2.45, 2.75) is 31.5 Å². The Balaban J connectivity index is 1.86. The summed E-state index contributed by atoms with van der Waals surface area (Å²) in [6.45, 7) is 1.50. The molecule has 0 aromatic heterocycles. The molecule has 4 nitrogen and oxygen atoms in total. The predicted molar refractivity (Wildman–Crippen MR) is 93.9 cm³/mol. The maximum atomic E-state index is 12.8. The van der Waals surface area contributed by atoms with Crippen LogP contribution in [0, 0.1) is 0 Å². The van der Waals surface area contributed by atoms with E-state index in [1.54, 1.807) is 7.05 Å². The zero-order valence-electron chi connectivity index (χ0n) is 14.3. The van der Waals surface area contributed by atoms with E-state index >= 15 is 0 Å². The van der Waals surface area contributed by atoms with Gasteiger partial charge >= 0.3 is 0 Å². The number of amides is 1. The van der Waals surface area contributed by atoms with Gasteiger partial charge in [0, 0.05) is 20.1 Å². The molecule has 2 aromatic rings. The summed E-state index contributed by atoms with van der Waals surface area (Å²) in [4.78, 5) is 20.3. The van der Waals surface area contributed by atoms with Crippen LogP contribution in [-0.4, -0.2) is 35.6 Å². The van der Waals surface area contributed by atoms with Crippen LogP contribution in [0.15, 0.2) is 60.7 Å². The lowest BCUT2D eigenvalue weighted by Crippen LogP contribution is -2.48. The van der Waals surface area contributed by atoms with Crippen LogP contribution in [0.5, 0.6) is 0 Å². The summed E-state index contributed by atoms with van der Waals surface area (Å²) in [5.41, 5.74) is 1.98. The van der Waals surface area contributed by atoms with Crippen molar-refractivity contribution in [3.05, 3.63) is 71.8 Å². The van der Waals surface area contributed by atoms with E-state index in [2.05, 4.69) is 29.2 Å². The van der Waals surface area contributed by atoms with E-state index < -0.39 is 5.54 Å². The lowest BCUT2D eigenvalue weighted by atomic mass is 10.1. The molecular formula is C20H24N2O2. The molecule has 1 fully saturated rings. The molecule has 1 amide bonds. The van der Waals surface area contributed by atoms with Gasteiger partial charge < -0.3 is 0 Å². The summed E-state index contributed by atoms with van der Waals surface area (Å²) in [6, 6.07) is 20.6. The average Bonchev–Trinajstić information content (AvgIpc) is 3.43. The molecule has 24 heavy (non-hydrogen) atoms. The summed E-state index contributed by atoms with van der Waals surface area (Å²) >= 11 is 0. The summed E-state index contributed by atoms with van der Waals surface area (Å²) in [7, 11) is 3.22. The summed E-state index contributed by atoms with van der Waals surface area (Å²) in [5.74, 6) is 0.0388. The van der Waals surface area contributed by atoms with Gasteiger partial charge in [-0.25, -0.2) is 5.06 Å². The fourth-order valence-electron chi connectivity index (χ4n) is 3.13. The topological polar surface area (TPSA) is 32.8 Å². The van der Waals surface area contributed by atoms with Crippen molar-refractivity contribution in [1.29, 1.82) is 0 Å². The van der Waals surface area contributed by atoms with Crippen molar-refractivity contribution in [3.63, 3.8) is 0 Å². The van der Waals surface area contributed by atoms with Crippen molar-refractivity contribution in [1.82, 2.24) is 9.96 Å². The molecule has 0 radical (unpaired) electrons. The molecule has 1 aliphatic carbocycles. The van der Waals surface area contributed by atoms with Gasteiger partial charge in [-0.2, -0.15) is 0 Å². The second-order valence-electron chi connectivity index (χ2n) is 6.34. The maximum Gasteiger partial charge on any atom is 0.266 e. The standard InChI is InChI=1S/C20H24N2O2/c1-21(24-2)19(23)20(13-14-20)22(15-17-9-5-3-6-10-17)16-18-11-7-4-8-12-18/h3-12H,13-16H2,1-2H3. The Labute approximate surface area is 143 Å². The summed E-state index contributed by atoms with van der Waals surface area (Å²) in [5, 5.41) is 1.36. The number of hydrogen-bond acceptors (Lipinski definition) is 3. The highest BCUT2D eigenvalue weighted by Crippen LogP contribution is 2.44. The first-order chi connectivity index (χ1) is 11.7. The lowest BCUT2D eigenvalue weighted by molar-refractivity contribution is -0.177. The minimum absolute atomic E-state index is 0.0388. The molecule has 0 heterocycles. The largest absolute Gasteiger partial charge is 0.281 e. The lowest BCUT2D eigenvalue weighted by Gasteiger charge is -2.33. The number of rotatable bonds is 7. The molecule has 3 rings (SSSR count). The molecule has 0 aliphatic heterocycles. The Morgan fingerprint density at radius 1 is 0.958 bits per heavy atom. The minimum atomic E-state index is -0.448. The number of carbonyl (C=O) groups excluding carboxylic acids is 1. The van der Waals surface area contributed by atoms with Gasteiger partial charge in [0.15, 0.2) is 0 Å². The fraction of sp³-hybridized carbons (Fsp3) is 0.350. The third kappa shape index (κ3) is 3.50. The van der Waals surface area contributed by atoms with Crippen LogP contribution in [0.2, 0.25) is 0 Å².